The molecule has 0 aliphatic carbocycles. The predicted molar refractivity (Wildman–Crippen MR) is 128 cm³/mol. The first-order chi connectivity index (χ1) is 15.8. The first kappa shape index (κ1) is 22.8. The third-order valence-electron chi connectivity index (χ3n) is 4.75. The van der Waals surface area contributed by atoms with Crippen LogP contribution < -0.4 is 10.1 Å². The van der Waals surface area contributed by atoms with Gasteiger partial charge < -0.3 is 9.47 Å². The van der Waals surface area contributed by atoms with E-state index >= 15 is 0 Å². The summed E-state index contributed by atoms with van der Waals surface area (Å²) >= 11 is 12.5. The average molecular weight is 486 g/mol. The topological polar surface area (TPSA) is 102 Å². The number of nitrogens with zero attached hydrogens (tertiary/aromatic N) is 3. The zero-order valence-electron chi connectivity index (χ0n) is 18.1. The lowest BCUT2D eigenvalue weighted by atomic mass is 10.1. The molecule has 3 aromatic heterocycles. The van der Waals surface area contributed by atoms with Crippen LogP contribution in [0.2, 0.25) is 10.0 Å². The second-order valence-electron chi connectivity index (χ2n) is 7.57. The number of nitrogens with one attached hydrogen (secondary N) is 2. The molecule has 0 spiro atoms. The molecule has 0 saturated heterocycles. The number of ether oxygens (including phenoxy) is 2. The van der Waals surface area contributed by atoms with Crippen molar-refractivity contribution in [2.75, 3.05) is 5.32 Å². The van der Waals surface area contributed by atoms with Gasteiger partial charge in [0.05, 0.1) is 21.7 Å². The number of aromatic amines is 1. The fraction of sp³-hybridized carbons (Fsp3) is 0.217. The number of benzene rings is 1. The summed E-state index contributed by atoms with van der Waals surface area (Å²) in [6.07, 6.45) is 3.54. The van der Waals surface area contributed by atoms with Crippen LogP contribution in [0.3, 0.4) is 0 Å². The highest BCUT2D eigenvalue weighted by atomic mass is 35.5. The maximum absolute atomic E-state index is 11.8. The third kappa shape index (κ3) is 5.18. The van der Waals surface area contributed by atoms with Gasteiger partial charge in [-0.2, -0.15) is 5.10 Å². The summed E-state index contributed by atoms with van der Waals surface area (Å²) in [6.45, 7) is 5.42. The summed E-state index contributed by atoms with van der Waals surface area (Å²) in [5.41, 5.74) is 2.98. The van der Waals surface area contributed by atoms with E-state index in [0.29, 0.717) is 32.9 Å². The van der Waals surface area contributed by atoms with E-state index in [9.17, 15) is 4.79 Å². The van der Waals surface area contributed by atoms with Crippen molar-refractivity contribution in [2.45, 2.75) is 33.0 Å². The molecular formula is C23H21Cl2N5O3. The van der Waals surface area contributed by atoms with Crippen LogP contribution in [0.25, 0.3) is 22.2 Å². The third-order valence-corrected chi connectivity index (χ3v) is 5.36. The van der Waals surface area contributed by atoms with Gasteiger partial charge in [0, 0.05) is 35.1 Å². The molecule has 0 saturated carbocycles. The number of fused-ring (bicyclic) bond motifs is 1. The Morgan fingerprint density at radius 3 is 2.48 bits per heavy atom. The lowest BCUT2D eigenvalue weighted by molar-refractivity contribution is 0.130. The molecule has 0 bridgehead atoms. The molecular weight excluding hydrogens is 465 g/mol. The molecule has 2 N–H and O–H groups in total. The normalized spacial score (nSPS) is 12.1. The Morgan fingerprint density at radius 2 is 1.82 bits per heavy atom. The molecule has 1 atom stereocenters. The van der Waals surface area contributed by atoms with Crippen molar-refractivity contribution in [1.82, 2.24) is 20.2 Å². The SMILES string of the molecule is CC(C)OC(=O)Nc1ccc(-c2n[nH]c3ccc(O[C@H](C)c4c(Cl)cncc4Cl)cc23)cn1. The fourth-order valence-corrected chi connectivity index (χ4v) is 3.99. The molecule has 3 heterocycles. The van der Waals surface area contributed by atoms with Crippen molar-refractivity contribution in [3.63, 3.8) is 0 Å². The summed E-state index contributed by atoms with van der Waals surface area (Å²) in [5, 5.41) is 11.8. The maximum atomic E-state index is 11.8. The molecule has 0 aliphatic heterocycles. The van der Waals surface area contributed by atoms with Crippen LogP contribution in [0.4, 0.5) is 10.6 Å². The van der Waals surface area contributed by atoms with Crippen molar-refractivity contribution in [3.05, 3.63) is 64.5 Å². The molecule has 0 aliphatic rings. The Hall–Kier alpha value is -3.36. The van der Waals surface area contributed by atoms with Crippen LogP contribution in [-0.4, -0.2) is 32.4 Å². The number of pyridine rings is 2. The van der Waals surface area contributed by atoms with Crippen LogP contribution in [0.5, 0.6) is 5.75 Å². The van der Waals surface area contributed by atoms with Gasteiger partial charge in [-0.3, -0.25) is 15.4 Å². The van der Waals surface area contributed by atoms with Gasteiger partial charge in [-0.1, -0.05) is 23.2 Å². The minimum Gasteiger partial charge on any atom is -0.486 e. The van der Waals surface area contributed by atoms with E-state index in [1.165, 1.54) is 12.4 Å². The first-order valence-electron chi connectivity index (χ1n) is 10.2. The maximum Gasteiger partial charge on any atom is 0.413 e. The Bertz CT molecular complexity index is 1270. The standard InChI is InChI=1S/C23H21Cl2N5O3/c1-12(2)32-23(31)28-20-7-4-14(9-27-20)22-16-8-15(5-6-19(16)29-30-22)33-13(3)21-17(24)10-26-11-18(21)25/h4-13H,1-3H3,(H,29,30)(H,27,28,31)/t13-/m1/s1. The number of carbonyl (C=O) groups excluding carboxylic acids is 1. The van der Waals surface area contributed by atoms with E-state index in [1.54, 1.807) is 26.1 Å². The highest BCUT2D eigenvalue weighted by Gasteiger charge is 2.17. The molecule has 170 valence electrons. The van der Waals surface area contributed by atoms with Gasteiger partial charge >= 0.3 is 6.09 Å². The van der Waals surface area contributed by atoms with Crippen molar-refractivity contribution in [1.29, 1.82) is 0 Å². The quantitative estimate of drug-likeness (QED) is 0.326. The van der Waals surface area contributed by atoms with Crippen molar-refractivity contribution in [3.8, 4) is 17.0 Å². The summed E-state index contributed by atoms with van der Waals surface area (Å²) < 4.78 is 11.2. The number of halogens is 2. The zero-order chi connectivity index (χ0) is 23.5. The Labute approximate surface area is 200 Å². The molecule has 10 heteroatoms. The van der Waals surface area contributed by atoms with Gasteiger partial charge in [0.15, 0.2) is 0 Å². The summed E-state index contributed by atoms with van der Waals surface area (Å²) in [5.74, 6) is 1.01. The van der Waals surface area contributed by atoms with E-state index in [4.69, 9.17) is 32.7 Å². The van der Waals surface area contributed by atoms with Gasteiger partial charge in [-0.25, -0.2) is 9.78 Å². The van der Waals surface area contributed by atoms with Crippen molar-refractivity contribution in [2.24, 2.45) is 0 Å². The van der Waals surface area contributed by atoms with Crippen LogP contribution in [0, 0.1) is 0 Å². The molecule has 0 unspecified atom stereocenters. The van der Waals surface area contributed by atoms with Crippen LogP contribution in [-0.2, 0) is 4.74 Å². The number of H-pyrrole nitrogens is 1. The van der Waals surface area contributed by atoms with Gasteiger partial charge in [0.2, 0.25) is 0 Å². The lowest BCUT2D eigenvalue weighted by Crippen LogP contribution is -2.18. The van der Waals surface area contributed by atoms with Gasteiger partial charge in [0.25, 0.3) is 0 Å². The number of rotatable bonds is 6. The van der Waals surface area contributed by atoms with E-state index in [0.717, 1.165) is 16.5 Å². The van der Waals surface area contributed by atoms with Crippen LogP contribution in [0.1, 0.15) is 32.4 Å². The molecule has 0 fully saturated rings. The lowest BCUT2D eigenvalue weighted by Gasteiger charge is -2.17. The number of carbonyl (C=O) groups is 1. The largest absolute Gasteiger partial charge is 0.486 e. The Kier molecular flexibility index (Phi) is 6.67. The monoisotopic (exact) mass is 485 g/mol. The van der Waals surface area contributed by atoms with E-state index in [-0.39, 0.29) is 6.10 Å². The minimum atomic E-state index is -0.555. The minimum absolute atomic E-state index is 0.218. The average Bonchev–Trinajstić information content (AvgIpc) is 3.17. The molecule has 8 nitrogen and oxygen atoms in total. The van der Waals surface area contributed by atoms with E-state index in [2.05, 4.69) is 25.5 Å². The summed E-state index contributed by atoms with van der Waals surface area (Å²) in [4.78, 5) is 20.0. The zero-order valence-corrected chi connectivity index (χ0v) is 19.6. The predicted octanol–water partition coefficient (Wildman–Crippen LogP) is 6.42. The van der Waals surface area contributed by atoms with Crippen LogP contribution in [0.15, 0.2) is 48.9 Å². The highest BCUT2D eigenvalue weighted by Crippen LogP contribution is 2.34. The Morgan fingerprint density at radius 1 is 1.06 bits per heavy atom. The van der Waals surface area contributed by atoms with Gasteiger partial charge in [-0.15, -0.1) is 0 Å². The number of hydrogen-bond donors (Lipinski definition) is 2. The van der Waals surface area contributed by atoms with Gasteiger partial charge in [-0.05, 0) is 51.1 Å². The van der Waals surface area contributed by atoms with E-state index in [1.807, 2.05) is 31.2 Å². The molecule has 1 aromatic carbocycles. The van der Waals surface area contributed by atoms with E-state index < -0.39 is 12.2 Å². The number of hydrogen-bond acceptors (Lipinski definition) is 6. The number of anilines is 1. The van der Waals surface area contributed by atoms with Crippen molar-refractivity contribution >= 4 is 46.0 Å². The molecule has 4 rings (SSSR count). The molecule has 33 heavy (non-hydrogen) atoms. The van der Waals surface area contributed by atoms with Crippen molar-refractivity contribution < 1.29 is 14.3 Å². The first-order valence-corrected chi connectivity index (χ1v) is 10.9. The summed E-state index contributed by atoms with van der Waals surface area (Å²) in [6, 6.07) is 9.12. The van der Waals surface area contributed by atoms with Gasteiger partial charge in [0.1, 0.15) is 23.4 Å². The molecule has 1 amide bonds. The number of amides is 1. The summed E-state index contributed by atoms with van der Waals surface area (Å²) in [7, 11) is 0. The fourth-order valence-electron chi connectivity index (χ4n) is 3.32. The molecule has 4 aromatic rings. The second kappa shape index (κ2) is 9.64. The smallest absolute Gasteiger partial charge is 0.413 e. The Balaban J connectivity index is 1.56. The molecule has 0 radical (unpaired) electrons. The van der Waals surface area contributed by atoms with Crippen LogP contribution >= 0.6 is 23.2 Å². The highest BCUT2D eigenvalue weighted by molar-refractivity contribution is 6.35. The number of aromatic nitrogens is 4. The second-order valence-corrected chi connectivity index (χ2v) is 8.38.